The first-order valence-electron chi connectivity index (χ1n) is 6.05. The maximum atomic E-state index is 11.6. The predicted octanol–water partition coefficient (Wildman–Crippen LogP) is 1.73. The van der Waals surface area contributed by atoms with Gasteiger partial charge in [-0.1, -0.05) is 23.2 Å². The first kappa shape index (κ1) is 20.5. The molecule has 0 aliphatic rings. The number of hydrazone groups is 1. The Morgan fingerprint density at radius 1 is 1.04 bits per heavy atom. The van der Waals surface area contributed by atoms with Crippen LogP contribution in [0, 0.1) is 0 Å². The molecule has 0 fully saturated rings. The Bertz CT molecular complexity index is 717. The number of hydrogen-bond donors (Lipinski definition) is 3. The van der Waals surface area contributed by atoms with Crippen LogP contribution in [-0.4, -0.2) is 36.1 Å². The monoisotopic (exact) mass is 408 g/mol. The summed E-state index contributed by atoms with van der Waals surface area (Å²) in [5.74, 6) is -3.13. The second-order valence-corrected chi connectivity index (χ2v) is 5.59. The maximum absolute atomic E-state index is 11.6. The number of rotatable bonds is 5. The number of nitrogens with two attached hydrogens (primary N) is 2. The van der Waals surface area contributed by atoms with Crippen LogP contribution in [0.25, 0.3) is 0 Å². The van der Waals surface area contributed by atoms with E-state index in [-0.39, 0.29) is 15.7 Å². The number of nitrogens with zero attached hydrogens (tertiary/aromatic N) is 1. The molecule has 5 N–H and O–H groups in total. The molecule has 10 nitrogen and oxygen atoms in total. The minimum Gasteiger partial charge on any atom is -0.371 e. The summed E-state index contributed by atoms with van der Waals surface area (Å²) >= 11 is 13.3. The topological polar surface area (TPSA) is 163 Å². The molecule has 13 heteroatoms. The molecule has 1 aromatic rings. The number of ether oxygens (including phenoxy) is 2. The van der Waals surface area contributed by atoms with Gasteiger partial charge in [0.05, 0.1) is 15.7 Å². The van der Waals surface area contributed by atoms with Gasteiger partial charge in [-0.2, -0.15) is 5.10 Å². The van der Waals surface area contributed by atoms with Gasteiger partial charge in [0.15, 0.2) is 0 Å². The van der Waals surface area contributed by atoms with E-state index in [1.54, 1.807) is 6.26 Å². The molecule has 25 heavy (non-hydrogen) atoms. The molecule has 0 aliphatic carbocycles. The van der Waals surface area contributed by atoms with Crippen LogP contribution in [0.3, 0.4) is 0 Å². The van der Waals surface area contributed by atoms with E-state index in [2.05, 4.69) is 31.5 Å². The summed E-state index contributed by atoms with van der Waals surface area (Å²) in [7, 11) is 0. The smallest absolute Gasteiger partial charge is 0.371 e. The highest BCUT2D eigenvalue weighted by Gasteiger charge is 2.27. The normalized spacial score (nSPS) is 9.72. The van der Waals surface area contributed by atoms with Gasteiger partial charge >= 0.3 is 24.1 Å². The van der Waals surface area contributed by atoms with E-state index in [0.717, 1.165) is 0 Å². The first-order chi connectivity index (χ1) is 11.6. The minimum atomic E-state index is -1.57. The van der Waals surface area contributed by atoms with E-state index in [0.29, 0.717) is 4.90 Å². The number of carbonyl (C=O) groups is 4. The molecule has 0 saturated carbocycles. The quantitative estimate of drug-likeness (QED) is 0.218. The van der Waals surface area contributed by atoms with Crippen LogP contribution in [-0.2, 0) is 19.1 Å². The van der Waals surface area contributed by atoms with E-state index in [1.807, 2.05) is 0 Å². The van der Waals surface area contributed by atoms with Crippen molar-refractivity contribution in [3.8, 4) is 0 Å². The average molecular weight is 409 g/mol. The molecule has 0 spiro atoms. The van der Waals surface area contributed by atoms with Crippen LogP contribution in [0.15, 0.2) is 22.1 Å². The molecular formula is C12H10Cl2N4O6S. The number of halogens is 2. The Balaban J connectivity index is 3.13. The van der Waals surface area contributed by atoms with Gasteiger partial charge in [-0.25, -0.2) is 19.2 Å². The fourth-order valence-electron chi connectivity index (χ4n) is 1.39. The summed E-state index contributed by atoms with van der Waals surface area (Å²) in [5, 5.41) is 3.97. The van der Waals surface area contributed by atoms with E-state index in [9.17, 15) is 19.2 Å². The lowest BCUT2D eigenvalue weighted by Gasteiger charge is -2.08. The van der Waals surface area contributed by atoms with Gasteiger partial charge < -0.3 is 20.9 Å². The zero-order chi connectivity index (χ0) is 19.1. The van der Waals surface area contributed by atoms with Gasteiger partial charge in [-0.05, 0) is 18.4 Å². The van der Waals surface area contributed by atoms with Crippen LogP contribution in [0.4, 0.5) is 15.3 Å². The van der Waals surface area contributed by atoms with Crippen LogP contribution in [0.5, 0.6) is 0 Å². The Morgan fingerprint density at radius 2 is 1.48 bits per heavy atom. The standard InChI is InChI=1S/C12H10Cl2N4O6S/c1-25-8-5(13)2-4(3-6(8)14)17-18-7(9(19)23-11(15)21)10(20)24-12(16)22/h2-3,17H,1H3,(H2,15,21)(H2,16,22). The minimum absolute atomic E-state index is 0.184. The number of benzene rings is 1. The van der Waals surface area contributed by atoms with Crippen molar-refractivity contribution in [2.75, 3.05) is 11.7 Å². The fourth-order valence-corrected chi connectivity index (χ4v) is 2.85. The lowest BCUT2D eigenvalue weighted by Crippen LogP contribution is -2.34. The number of esters is 2. The molecular weight excluding hydrogens is 399 g/mol. The lowest BCUT2D eigenvalue weighted by molar-refractivity contribution is -0.134. The fraction of sp³-hybridized carbons (Fsp3) is 0.0833. The second-order valence-electron chi connectivity index (χ2n) is 3.96. The van der Waals surface area contributed by atoms with Gasteiger partial charge in [0.1, 0.15) is 0 Å². The third-order valence-corrected chi connectivity index (χ3v) is 3.94. The van der Waals surface area contributed by atoms with Crippen LogP contribution >= 0.6 is 35.0 Å². The maximum Gasteiger partial charge on any atom is 0.412 e. The third kappa shape index (κ3) is 6.14. The Hall–Kier alpha value is -2.50. The molecule has 0 bridgehead atoms. The number of primary amides is 2. The van der Waals surface area contributed by atoms with Gasteiger partial charge in [-0.3, -0.25) is 5.43 Å². The van der Waals surface area contributed by atoms with E-state index < -0.39 is 29.8 Å². The molecule has 0 atom stereocenters. The van der Waals surface area contributed by atoms with Crippen LogP contribution in [0.2, 0.25) is 10.0 Å². The van der Waals surface area contributed by atoms with Crippen LogP contribution < -0.4 is 16.9 Å². The average Bonchev–Trinajstić information content (AvgIpc) is 2.45. The molecule has 0 unspecified atom stereocenters. The summed E-state index contributed by atoms with van der Waals surface area (Å²) in [4.78, 5) is 45.1. The molecule has 1 aromatic carbocycles. The van der Waals surface area contributed by atoms with Crippen molar-refractivity contribution in [3.05, 3.63) is 22.2 Å². The van der Waals surface area contributed by atoms with Crippen molar-refractivity contribution < 1.29 is 28.7 Å². The molecule has 2 amide bonds. The molecule has 0 aliphatic heterocycles. The number of hydrogen-bond acceptors (Lipinski definition) is 9. The van der Waals surface area contributed by atoms with E-state index in [4.69, 9.17) is 23.2 Å². The zero-order valence-electron chi connectivity index (χ0n) is 12.4. The first-order valence-corrected chi connectivity index (χ1v) is 8.03. The van der Waals surface area contributed by atoms with E-state index in [1.165, 1.54) is 23.9 Å². The molecule has 0 heterocycles. The van der Waals surface area contributed by atoms with E-state index >= 15 is 0 Å². The number of thioether (sulfide) groups is 1. The highest BCUT2D eigenvalue weighted by molar-refractivity contribution is 7.98. The molecule has 0 aromatic heterocycles. The van der Waals surface area contributed by atoms with Crippen molar-refractivity contribution in [2.24, 2.45) is 16.6 Å². The highest BCUT2D eigenvalue weighted by Crippen LogP contribution is 2.35. The van der Waals surface area contributed by atoms with Gasteiger partial charge in [0.2, 0.25) is 0 Å². The molecule has 134 valence electrons. The lowest BCUT2D eigenvalue weighted by atomic mass is 10.3. The summed E-state index contributed by atoms with van der Waals surface area (Å²) < 4.78 is 8.02. The summed E-state index contributed by atoms with van der Waals surface area (Å²) in [6.07, 6.45) is -1.24. The van der Waals surface area contributed by atoms with Crippen molar-refractivity contribution in [3.63, 3.8) is 0 Å². The number of amides is 2. The predicted molar refractivity (Wildman–Crippen MR) is 90.7 cm³/mol. The zero-order valence-corrected chi connectivity index (χ0v) is 14.7. The van der Waals surface area contributed by atoms with Gasteiger partial charge in [0.25, 0.3) is 5.71 Å². The van der Waals surface area contributed by atoms with Crippen molar-refractivity contribution >= 4 is 70.5 Å². The molecule has 1 rings (SSSR count). The van der Waals surface area contributed by atoms with Gasteiger partial charge in [0, 0.05) is 4.90 Å². The van der Waals surface area contributed by atoms with Crippen LogP contribution in [0.1, 0.15) is 0 Å². The summed E-state index contributed by atoms with van der Waals surface area (Å²) in [6.45, 7) is 0. The number of carbonyl (C=O) groups excluding carboxylic acids is 4. The SMILES string of the molecule is CSc1c(Cl)cc(NN=C(C(=O)OC(N)=O)C(=O)OC(N)=O)cc1Cl. The molecule has 0 radical (unpaired) electrons. The van der Waals surface area contributed by atoms with Gasteiger partial charge in [-0.15, -0.1) is 11.8 Å². The third-order valence-electron chi connectivity index (χ3n) is 2.27. The highest BCUT2D eigenvalue weighted by atomic mass is 35.5. The number of anilines is 1. The second kappa shape index (κ2) is 9.11. The largest absolute Gasteiger partial charge is 0.412 e. The summed E-state index contributed by atoms with van der Waals surface area (Å²) in [5.41, 5.74) is 10.7. The Labute approximate surface area is 154 Å². The van der Waals surface area contributed by atoms with Crippen molar-refractivity contribution in [1.29, 1.82) is 0 Å². The Morgan fingerprint density at radius 3 is 1.84 bits per heavy atom. The Kier molecular flexibility index (Phi) is 7.48. The summed E-state index contributed by atoms with van der Waals surface area (Å²) in [6, 6.07) is 2.80. The number of nitrogens with one attached hydrogen (secondary N) is 1. The van der Waals surface area contributed by atoms with Crippen molar-refractivity contribution in [2.45, 2.75) is 4.90 Å². The molecule has 0 saturated heterocycles. The van der Waals surface area contributed by atoms with Crippen molar-refractivity contribution in [1.82, 2.24) is 0 Å².